The highest BCUT2D eigenvalue weighted by molar-refractivity contribution is 8.00. The molecule has 0 aliphatic heterocycles. The molecule has 21 heavy (non-hydrogen) atoms. The minimum Gasteiger partial charge on any atom is -0.316 e. The predicted octanol–water partition coefficient (Wildman–Crippen LogP) is 5.24. The van der Waals surface area contributed by atoms with Crippen molar-refractivity contribution >= 4 is 11.8 Å². The normalized spacial score (nSPS) is 25.8. The topological polar surface area (TPSA) is 12.0 Å². The summed E-state index contributed by atoms with van der Waals surface area (Å²) in [6.45, 7) is 11.6. The molecule has 1 fully saturated rings. The molecular formula is C19H31NS. The van der Waals surface area contributed by atoms with Gasteiger partial charge in [0.15, 0.2) is 0 Å². The first-order chi connectivity index (χ1) is 9.71. The Morgan fingerprint density at radius 1 is 1.14 bits per heavy atom. The van der Waals surface area contributed by atoms with Crippen molar-refractivity contribution in [3.8, 4) is 0 Å². The molecule has 118 valence electrons. The summed E-state index contributed by atoms with van der Waals surface area (Å²) in [6.07, 6.45) is 3.92. The van der Waals surface area contributed by atoms with Crippen molar-refractivity contribution in [1.82, 2.24) is 5.32 Å². The van der Waals surface area contributed by atoms with Crippen LogP contribution in [0.3, 0.4) is 0 Å². The van der Waals surface area contributed by atoms with Crippen LogP contribution >= 0.6 is 11.8 Å². The molecule has 1 aliphatic carbocycles. The molecule has 1 N–H and O–H groups in total. The standard InChI is InChI=1S/C19H31NS/c1-18(2,3)14-7-9-15(10-8-14)21-17-13-19(4,5)12-11-16(17)20-6/h7-10,16-17,20H,11-13H2,1-6H3. The fourth-order valence-electron chi connectivity index (χ4n) is 3.18. The highest BCUT2D eigenvalue weighted by Gasteiger charge is 2.34. The highest BCUT2D eigenvalue weighted by Crippen LogP contribution is 2.42. The number of hydrogen-bond acceptors (Lipinski definition) is 2. The maximum absolute atomic E-state index is 3.53. The minimum absolute atomic E-state index is 0.240. The van der Waals surface area contributed by atoms with Crippen molar-refractivity contribution in [2.45, 2.75) is 75.5 Å². The van der Waals surface area contributed by atoms with Gasteiger partial charge in [0.2, 0.25) is 0 Å². The van der Waals surface area contributed by atoms with Gasteiger partial charge in [-0.25, -0.2) is 0 Å². The van der Waals surface area contributed by atoms with Crippen LogP contribution in [0.1, 0.15) is 59.4 Å². The van der Waals surface area contributed by atoms with Crippen molar-refractivity contribution in [1.29, 1.82) is 0 Å². The maximum atomic E-state index is 3.53. The van der Waals surface area contributed by atoms with E-state index in [1.807, 2.05) is 0 Å². The quantitative estimate of drug-likeness (QED) is 0.819. The van der Waals surface area contributed by atoms with Gasteiger partial charge in [-0.3, -0.25) is 0 Å². The highest BCUT2D eigenvalue weighted by atomic mass is 32.2. The van der Waals surface area contributed by atoms with Crippen LogP contribution in [0.15, 0.2) is 29.2 Å². The van der Waals surface area contributed by atoms with Crippen molar-refractivity contribution in [3.63, 3.8) is 0 Å². The van der Waals surface area contributed by atoms with Crippen LogP contribution in [0.25, 0.3) is 0 Å². The Morgan fingerprint density at radius 2 is 1.76 bits per heavy atom. The third-order valence-electron chi connectivity index (χ3n) is 4.71. The van der Waals surface area contributed by atoms with Gasteiger partial charge in [0.25, 0.3) is 0 Å². The molecule has 2 unspecified atom stereocenters. The second-order valence-corrected chi connectivity index (χ2v) is 9.55. The summed E-state index contributed by atoms with van der Waals surface area (Å²) >= 11 is 2.06. The average Bonchev–Trinajstić information content (AvgIpc) is 2.37. The van der Waals surface area contributed by atoms with Gasteiger partial charge in [-0.1, -0.05) is 46.8 Å². The zero-order valence-electron chi connectivity index (χ0n) is 14.5. The Morgan fingerprint density at radius 3 is 2.29 bits per heavy atom. The van der Waals surface area contributed by atoms with E-state index in [1.54, 1.807) is 0 Å². The Labute approximate surface area is 135 Å². The molecule has 1 saturated carbocycles. The summed E-state index contributed by atoms with van der Waals surface area (Å²) in [5.41, 5.74) is 2.14. The van der Waals surface area contributed by atoms with Gasteiger partial charge < -0.3 is 5.32 Å². The molecular weight excluding hydrogens is 274 g/mol. The van der Waals surface area contributed by atoms with Gasteiger partial charge in [0.05, 0.1) is 0 Å². The summed E-state index contributed by atoms with van der Waals surface area (Å²) in [5, 5.41) is 4.21. The van der Waals surface area contributed by atoms with Gasteiger partial charge in [0.1, 0.15) is 0 Å². The molecule has 1 nitrogen and oxygen atoms in total. The van der Waals surface area contributed by atoms with Gasteiger partial charge in [-0.05, 0) is 54.8 Å². The van der Waals surface area contributed by atoms with Crippen LogP contribution in [-0.4, -0.2) is 18.3 Å². The molecule has 0 saturated heterocycles. The van der Waals surface area contributed by atoms with Crippen molar-refractivity contribution < 1.29 is 0 Å². The second-order valence-electron chi connectivity index (χ2n) is 8.23. The monoisotopic (exact) mass is 305 g/mol. The van der Waals surface area contributed by atoms with Crippen LogP contribution in [0.5, 0.6) is 0 Å². The molecule has 1 aromatic rings. The lowest BCUT2D eigenvalue weighted by Gasteiger charge is -2.40. The number of rotatable bonds is 3. The van der Waals surface area contributed by atoms with Crippen LogP contribution in [0.4, 0.5) is 0 Å². The van der Waals surface area contributed by atoms with Gasteiger partial charge in [0, 0.05) is 16.2 Å². The molecule has 0 spiro atoms. The van der Waals surface area contributed by atoms with Crippen molar-refractivity contribution in [3.05, 3.63) is 29.8 Å². The van der Waals surface area contributed by atoms with E-state index in [1.165, 1.54) is 29.7 Å². The average molecular weight is 306 g/mol. The van der Waals surface area contributed by atoms with Gasteiger partial charge >= 0.3 is 0 Å². The second kappa shape index (κ2) is 6.34. The van der Waals surface area contributed by atoms with Crippen LogP contribution in [-0.2, 0) is 5.41 Å². The molecule has 2 heteroatoms. The molecule has 0 bridgehead atoms. The van der Waals surface area contributed by atoms with Gasteiger partial charge in [-0.2, -0.15) is 0 Å². The smallest absolute Gasteiger partial charge is 0.0253 e. The van der Waals surface area contributed by atoms with Crippen molar-refractivity contribution in [2.75, 3.05) is 7.05 Å². The lowest BCUT2D eigenvalue weighted by Crippen LogP contribution is -2.43. The first kappa shape index (κ1) is 16.9. The van der Waals surface area contributed by atoms with Crippen LogP contribution < -0.4 is 5.32 Å². The predicted molar refractivity (Wildman–Crippen MR) is 95.3 cm³/mol. The van der Waals surface area contributed by atoms with Crippen LogP contribution in [0.2, 0.25) is 0 Å². The van der Waals surface area contributed by atoms with Crippen LogP contribution in [0, 0.1) is 5.41 Å². The zero-order valence-corrected chi connectivity index (χ0v) is 15.3. The Balaban J connectivity index is 2.08. The fraction of sp³-hybridized carbons (Fsp3) is 0.684. The fourth-order valence-corrected chi connectivity index (χ4v) is 4.80. The Hall–Kier alpha value is -0.470. The van der Waals surface area contributed by atoms with E-state index >= 15 is 0 Å². The molecule has 2 rings (SSSR count). The summed E-state index contributed by atoms with van der Waals surface area (Å²) in [7, 11) is 2.11. The Kier molecular flexibility index (Phi) is 5.10. The van der Waals surface area contributed by atoms with E-state index in [0.717, 1.165) is 0 Å². The molecule has 0 radical (unpaired) electrons. The number of thioether (sulfide) groups is 1. The van der Waals surface area contributed by atoms with Gasteiger partial charge in [-0.15, -0.1) is 11.8 Å². The summed E-state index contributed by atoms with van der Waals surface area (Å²) in [6, 6.07) is 9.85. The lowest BCUT2D eigenvalue weighted by molar-refractivity contribution is 0.218. The lowest BCUT2D eigenvalue weighted by atomic mass is 9.75. The van der Waals surface area contributed by atoms with E-state index in [2.05, 4.69) is 83.0 Å². The van der Waals surface area contributed by atoms with E-state index in [-0.39, 0.29) is 5.41 Å². The molecule has 0 amide bonds. The van der Waals surface area contributed by atoms with E-state index < -0.39 is 0 Å². The first-order valence-corrected chi connectivity index (χ1v) is 9.04. The van der Waals surface area contributed by atoms with E-state index in [4.69, 9.17) is 0 Å². The summed E-state index contributed by atoms with van der Waals surface area (Å²) in [4.78, 5) is 1.41. The molecule has 1 aromatic carbocycles. The summed E-state index contributed by atoms with van der Waals surface area (Å²) < 4.78 is 0. The molecule has 2 atom stereocenters. The summed E-state index contributed by atoms with van der Waals surface area (Å²) in [5.74, 6) is 0. The van der Waals surface area contributed by atoms with E-state index in [9.17, 15) is 0 Å². The molecule has 1 aliphatic rings. The number of hydrogen-bond donors (Lipinski definition) is 1. The number of benzene rings is 1. The first-order valence-electron chi connectivity index (χ1n) is 8.16. The largest absolute Gasteiger partial charge is 0.316 e. The SMILES string of the molecule is CNC1CCC(C)(C)CC1Sc1ccc(C(C)(C)C)cc1. The number of nitrogens with one attached hydrogen (secondary N) is 1. The molecule has 0 aromatic heterocycles. The zero-order chi connectivity index (χ0) is 15.7. The third-order valence-corrected chi connectivity index (χ3v) is 6.06. The Bertz CT molecular complexity index is 455. The van der Waals surface area contributed by atoms with E-state index in [0.29, 0.717) is 16.7 Å². The van der Waals surface area contributed by atoms with Crippen molar-refractivity contribution in [2.24, 2.45) is 5.41 Å². The minimum atomic E-state index is 0.240. The third kappa shape index (κ3) is 4.50. The maximum Gasteiger partial charge on any atom is 0.0253 e. The molecule has 0 heterocycles.